The van der Waals surface area contributed by atoms with Crippen LogP contribution in [-0.4, -0.2) is 65.7 Å². The fourth-order valence-corrected chi connectivity index (χ4v) is 3.52. The smallest absolute Gasteiger partial charge is 0.320 e. The van der Waals surface area contributed by atoms with E-state index >= 15 is 0 Å². The number of benzene rings is 1. The molecule has 1 aliphatic rings. The molecule has 3 heterocycles. The van der Waals surface area contributed by atoms with E-state index in [1.54, 1.807) is 28.8 Å². The Morgan fingerprint density at radius 1 is 1.28 bits per heavy atom. The zero-order valence-electron chi connectivity index (χ0n) is 16.9. The summed E-state index contributed by atoms with van der Waals surface area (Å²) >= 11 is 0. The number of nitrogen functional groups attached to an aromatic ring is 1. The van der Waals surface area contributed by atoms with Crippen LogP contribution in [0, 0.1) is 11.8 Å². The number of hydrogen-bond acceptors (Lipinski definition) is 9. The maximum atomic E-state index is 10.9. The minimum Gasteiger partial charge on any atom is -0.480 e. The number of carboxylic acids is 1. The Labute approximate surface area is 182 Å². The van der Waals surface area contributed by atoms with E-state index in [9.17, 15) is 15.0 Å². The molecule has 166 valence electrons. The third-order valence-electron chi connectivity index (χ3n) is 5.22. The van der Waals surface area contributed by atoms with E-state index in [0.717, 1.165) is 5.56 Å². The van der Waals surface area contributed by atoms with E-state index in [-0.39, 0.29) is 25.3 Å². The first-order valence-corrected chi connectivity index (χ1v) is 9.89. The molecule has 1 aromatic carbocycles. The molecule has 0 amide bonds. The lowest BCUT2D eigenvalue weighted by Gasteiger charge is -2.14. The van der Waals surface area contributed by atoms with Gasteiger partial charge in [-0.05, 0) is 30.0 Å². The van der Waals surface area contributed by atoms with Crippen LogP contribution in [-0.2, 0) is 16.0 Å². The third kappa shape index (κ3) is 4.25. The Balaban J connectivity index is 1.66. The molecule has 1 aliphatic heterocycles. The molecule has 11 nitrogen and oxygen atoms in total. The lowest BCUT2D eigenvalue weighted by Crippen LogP contribution is -2.32. The van der Waals surface area contributed by atoms with Crippen molar-refractivity contribution >= 4 is 23.0 Å². The van der Waals surface area contributed by atoms with E-state index in [2.05, 4.69) is 26.8 Å². The monoisotopic (exact) mass is 438 g/mol. The maximum Gasteiger partial charge on any atom is 0.320 e. The van der Waals surface area contributed by atoms with Crippen molar-refractivity contribution in [1.29, 1.82) is 0 Å². The van der Waals surface area contributed by atoms with Crippen LogP contribution < -0.4 is 11.5 Å². The van der Waals surface area contributed by atoms with Crippen LogP contribution in [0.3, 0.4) is 0 Å². The molecule has 1 fully saturated rings. The molecular weight excluding hydrogens is 416 g/mol. The van der Waals surface area contributed by atoms with Crippen molar-refractivity contribution in [3.63, 3.8) is 0 Å². The van der Waals surface area contributed by atoms with Crippen LogP contribution in [0.25, 0.3) is 11.2 Å². The van der Waals surface area contributed by atoms with Crippen molar-refractivity contribution in [3.8, 4) is 11.8 Å². The average molecular weight is 438 g/mol. The molecule has 1 saturated heterocycles. The van der Waals surface area contributed by atoms with Gasteiger partial charge in [-0.2, -0.15) is 0 Å². The van der Waals surface area contributed by atoms with Crippen LogP contribution in [0.4, 0.5) is 5.82 Å². The highest BCUT2D eigenvalue weighted by molar-refractivity contribution is 5.82. The number of nitrogens with two attached hydrogens (primary N) is 2. The summed E-state index contributed by atoms with van der Waals surface area (Å²) < 4.78 is 7.41. The molecule has 4 atom stereocenters. The van der Waals surface area contributed by atoms with E-state index in [4.69, 9.17) is 21.3 Å². The number of carboxylic acid groups (broad SMARTS) is 1. The predicted octanol–water partition coefficient (Wildman–Crippen LogP) is -0.597. The summed E-state index contributed by atoms with van der Waals surface area (Å²) in [5, 5.41) is 28.5. The third-order valence-corrected chi connectivity index (χ3v) is 5.22. The normalized spacial score (nSPS) is 21.3. The fraction of sp³-hybridized carbons (Fsp3) is 0.333. The molecule has 0 radical (unpaired) electrons. The van der Waals surface area contributed by atoms with Gasteiger partial charge >= 0.3 is 5.97 Å². The van der Waals surface area contributed by atoms with E-state index in [0.29, 0.717) is 22.6 Å². The molecule has 11 heteroatoms. The Bertz CT molecular complexity index is 1200. The van der Waals surface area contributed by atoms with Gasteiger partial charge < -0.3 is 31.5 Å². The second-order valence-electron chi connectivity index (χ2n) is 7.45. The molecule has 3 aromatic rings. The zero-order chi connectivity index (χ0) is 22.8. The first kappa shape index (κ1) is 21.7. The summed E-state index contributed by atoms with van der Waals surface area (Å²) in [6.07, 6.45) is -0.444. The van der Waals surface area contributed by atoms with Gasteiger partial charge in [-0.1, -0.05) is 18.1 Å². The van der Waals surface area contributed by atoms with Crippen molar-refractivity contribution in [2.45, 2.75) is 37.3 Å². The molecule has 0 spiro atoms. The standard InChI is InChI=1S/C21H22N6O5/c22-13(21(30)31)7-12-3-1-11(2-4-12)5-6-16-26-18-19(23)24-10-25-20(18)27(16)17-8-14(29)15(9-28)32-17/h1-4,10,13-15,17,28-29H,7-9,22H2,(H,30,31)(H2,23,24,25)/t13-,14-,15+,17+/m0/s1. The predicted molar refractivity (Wildman–Crippen MR) is 113 cm³/mol. The summed E-state index contributed by atoms with van der Waals surface area (Å²) in [6.45, 7) is -0.319. The summed E-state index contributed by atoms with van der Waals surface area (Å²) in [5.41, 5.74) is 13.7. The molecular formula is C21H22N6O5. The number of aliphatic hydroxyl groups excluding tert-OH is 2. The molecule has 0 bridgehead atoms. The van der Waals surface area contributed by atoms with Gasteiger partial charge in [-0.25, -0.2) is 15.0 Å². The zero-order valence-corrected chi connectivity index (χ0v) is 16.9. The first-order chi connectivity index (χ1) is 15.4. The van der Waals surface area contributed by atoms with Crippen LogP contribution in [0.15, 0.2) is 30.6 Å². The quantitative estimate of drug-likeness (QED) is 0.323. The summed E-state index contributed by atoms with van der Waals surface area (Å²) in [5.74, 6) is 5.44. The summed E-state index contributed by atoms with van der Waals surface area (Å²) in [6, 6.07) is 6.08. The van der Waals surface area contributed by atoms with Gasteiger partial charge in [0.25, 0.3) is 0 Å². The summed E-state index contributed by atoms with van der Waals surface area (Å²) in [7, 11) is 0. The second kappa shape index (κ2) is 8.89. The molecule has 0 saturated carbocycles. The highest BCUT2D eigenvalue weighted by atomic mass is 16.5. The van der Waals surface area contributed by atoms with Gasteiger partial charge in [0.1, 0.15) is 24.7 Å². The number of carbonyl (C=O) groups is 1. The van der Waals surface area contributed by atoms with Crippen molar-refractivity contribution in [1.82, 2.24) is 19.5 Å². The van der Waals surface area contributed by atoms with Gasteiger partial charge in [0.05, 0.1) is 12.7 Å². The average Bonchev–Trinajstić information content (AvgIpc) is 3.33. The topological polar surface area (TPSA) is 183 Å². The minimum absolute atomic E-state index is 0.188. The number of nitrogens with zero attached hydrogens (tertiary/aromatic N) is 4. The number of fused-ring (bicyclic) bond motifs is 1. The number of aromatic nitrogens is 4. The number of ether oxygens (including phenoxy) is 1. The van der Waals surface area contributed by atoms with Gasteiger partial charge in [0.15, 0.2) is 22.8 Å². The number of aliphatic carboxylic acids is 1. The Kier molecular flexibility index (Phi) is 6.02. The number of hydrogen-bond donors (Lipinski definition) is 5. The maximum absolute atomic E-state index is 10.9. The van der Waals surface area contributed by atoms with Crippen molar-refractivity contribution < 1.29 is 24.9 Å². The van der Waals surface area contributed by atoms with Gasteiger partial charge in [0.2, 0.25) is 0 Å². The molecule has 2 aromatic heterocycles. The Morgan fingerprint density at radius 3 is 2.69 bits per heavy atom. The highest BCUT2D eigenvalue weighted by Crippen LogP contribution is 2.32. The molecule has 0 aliphatic carbocycles. The van der Waals surface area contributed by atoms with Crippen LogP contribution in [0.1, 0.15) is 29.6 Å². The highest BCUT2D eigenvalue weighted by Gasteiger charge is 2.36. The molecule has 0 unspecified atom stereocenters. The second-order valence-corrected chi connectivity index (χ2v) is 7.45. The Hall–Kier alpha value is -3.56. The van der Waals surface area contributed by atoms with E-state index < -0.39 is 30.4 Å². The van der Waals surface area contributed by atoms with Crippen LogP contribution >= 0.6 is 0 Å². The number of aliphatic hydroxyl groups is 2. The van der Waals surface area contributed by atoms with Crippen molar-refractivity contribution in [2.75, 3.05) is 12.3 Å². The number of imidazole rings is 1. The number of anilines is 1. The number of rotatable bonds is 5. The fourth-order valence-electron chi connectivity index (χ4n) is 3.52. The molecule has 7 N–H and O–H groups in total. The lowest BCUT2D eigenvalue weighted by molar-refractivity contribution is -0.138. The van der Waals surface area contributed by atoms with Gasteiger partial charge in [-0.15, -0.1) is 0 Å². The van der Waals surface area contributed by atoms with Gasteiger partial charge in [-0.3, -0.25) is 9.36 Å². The van der Waals surface area contributed by atoms with Crippen molar-refractivity contribution in [3.05, 3.63) is 47.5 Å². The van der Waals surface area contributed by atoms with E-state index in [1.807, 2.05) is 0 Å². The first-order valence-electron chi connectivity index (χ1n) is 9.89. The largest absolute Gasteiger partial charge is 0.480 e. The van der Waals surface area contributed by atoms with Crippen LogP contribution in [0.5, 0.6) is 0 Å². The molecule has 32 heavy (non-hydrogen) atoms. The lowest BCUT2D eigenvalue weighted by atomic mass is 10.0. The van der Waals surface area contributed by atoms with Gasteiger partial charge in [0, 0.05) is 12.0 Å². The van der Waals surface area contributed by atoms with E-state index in [1.165, 1.54) is 6.33 Å². The molecule has 4 rings (SSSR count). The Morgan fingerprint density at radius 2 is 2.03 bits per heavy atom. The van der Waals surface area contributed by atoms with Crippen LogP contribution in [0.2, 0.25) is 0 Å². The SMILES string of the molecule is Nc1ncnc2c1nc(C#Cc1ccc(C[C@H](N)C(=O)O)cc1)n2[C@H]1C[C@H](O)[C@@H](CO)O1. The van der Waals surface area contributed by atoms with Crippen molar-refractivity contribution in [2.24, 2.45) is 5.73 Å². The summed E-state index contributed by atoms with van der Waals surface area (Å²) in [4.78, 5) is 23.6. The minimum atomic E-state index is -1.06.